The zero-order valence-electron chi connectivity index (χ0n) is 9.10. The van der Waals surface area contributed by atoms with E-state index >= 15 is 0 Å². The van der Waals surface area contributed by atoms with Crippen LogP contribution in [-0.2, 0) is 0 Å². The van der Waals surface area contributed by atoms with Gasteiger partial charge in [0, 0.05) is 10.9 Å². The van der Waals surface area contributed by atoms with E-state index < -0.39 is 5.97 Å². The van der Waals surface area contributed by atoms with Crippen molar-refractivity contribution < 1.29 is 19.8 Å². The maximum atomic E-state index is 11.5. The van der Waals surface area contributed by atoms with Crippen molar-refractivity contribution in [2.75, 3.05) is 0 Å². The van der Waals surface area contributed by atoms with Crippen molar-refractivity contribution in [2.24, 2.45) is 0 Å². The highest BCUT2D eigenvalue weighted by atomic mass is 16.4. The van der Waals surface area contributed by atoms with Crippen LogP contribution in [0.2, 0.25) is 0 Å². The summed E-state index contributed by atoms with van der Waals surface area (Å²) in [5, 5.41) is 19.7. The summed E-state index contributed by atoms with van der Waals surface area (Å²) in [6.45, 7) is 1.37. The molecule has 2 aromatic carbocycles. The van der Waals surface area contributed by atoms with E-state index in [4.69, 9.17) is 5.11 Å². The molecule has 0 unspecified atom stereocenters. The molecule has 0 fully saturated rings. The topological polar surface area (TPSA) is 74.6 Å². The highest BCUT2D eigenvalue weighted by molar-refractivity contribution is 6.12. The van der Waals surface area contributed by atoms with Gasteiger partial charge in [0.05, 0.1) is 0 Å². The Labute approximate surface area is 97.1 Å². The molecule has 86 valence electrons. The molecular formula is C13H10O4. The van der Waals surface area contributed by atoms with Crippen LogP contribution < -0.4 is 0 Å². The number of Topliss-reactive ketones (excluding diaryl/α,β-unsaturated/α-hetero) is 1. The molecular weight excluding hydrogens is 220 g/mol. The van der Waals surface area contributed by atoms with Crippen molar-refractivity contribution in [3.63, 3.8) is 0 Å². The van der Waals surface area contributed by atoms with Crippen LogP contribution in [0.5, 0.6) is 5.75 Å². The number of carbonyl (C=O) groups excluding carboxylic acids is 1. The van der Waals surface area contributed by atoms with Gasteiger partial charge in [0.1, 0.15) is 11.3 Å². The Hall–Kier alpha value is -2.36. The molecule has 0 atom stereocenters. The van der Waals surface area contributed by atoms with Crippen LogP contribution in [0.1, 0.15) is 27.6 Å². The predicted octanol–water partition coefficient (Wildman–Crippen LogP) is 2.45. The smallest absolute Gasteiger partial charge is 0.339 e. The minimum atomic E-state index is -1.25. The molecule has 0 saturated heterocycles. The van der Waals surface area contributed by atoms with Crippen LogP contribution >= 0.6 is 0 Å². The molecule has 0 bridgehead atoms. The maximum Gasteiger partial charge on any atom is 0.339 e. The lowest BCUT2D eigenvalue weighted by Crippen LogP contribution is -2.02. The quantitative estimate of drug-likeness (QED) is 0.777. The molecule has 2 rings (SSSR count). The monoisotopic (exact) mass is 230 g/mol. The van der Waals surface area contributed by atoms with Gasteiger partial charge in [0.15, 0.2) is 5.78 Å². The fraction of sp³-hybridized carbons (Fsp3) is 0.0769. The van der Waals surface area contributed by atoms with Gasteiger partial charge in [0.2, 0.25) is 0 Å². The normalized spacial score (nSPS) is 10.4. The number of hydrogen-bond donors (Lipinski definition) is 2. The number of phenols is 1. The van der Waals surface area contributed by atoms with Gasteiger partial charge in [-0.1, -0.05) is 24.3 Å². The number of rotatable bonds is 2. The van der Waals surface area contributed by atoms with E-state index in [1.807, 2.05) is 0 Å². The second kappa shape index (κ2) is 3.90. The van der Waals surface area contributed by atoms with Gasteiger partial charge in [-0.15, -0.1) is 0 Å². The van der Waals surface area contributed by atoms with E-state index in [0.717, 1.165) is 0 Å². The molecule has 4 nitrogen and oxygen atoms in total. The Morgan fingerprint density at radius 1 is 1.06 bits per heavy atom. The molecule has 0 radical (unpaired) electrons. The lowest BCUT2D eigenvalue weighted by molar-refractivity contribution is 0.0694. The number of carbonyl (C=O) groups is 2. The van der Waals surface area contributed by atoms with Gasteiger partial charge in [-0.2, -0.15) is 0 Å². The van der Waals surface area contributed by atoms with Crippen molar-refractivity contribution in [1.29, 1.82) is 0 Å². The van der Waals surface area contributed by atoms with E-state index in [1.54, 1.807) is 24.3 Å². The molecule has 0 spiro atoms. The third-order valence-electron chi connectivity index (χ3n) is 2.63. The number of benzene rings is 2. The lowest BCUT2D eigenvalue weighted by Gasteiger charge is -2.08. The van der Waals surface area contributed by atoms with Gasteiger partial charge < -0.3 is 10.2 Å². The van der Waals surface area contributed by atoms with Crippen molar-refractivity contribution >= 4 is 22.5 Å². The van der Waals surface area contributed by atoms with Crippen LogP contribution in [0.4, 0.5) is 0 Å². The fourth-order valence-corrected chi connectivity index (χ4v) is 1.81. The first-order chi connectivity index (χ1) is 8.02. The molecule has 0 amide bonds. The standard InChI is InChI=1S/C13H10O4/c1-7(14)10-6-11(13(16)17)12(15)9-5-3-2-4-8(9)10/h2-6,15H,1H3,(H,16,17). The third-order valence-corrected chi connectivity index (χ3v) is 2.63. The molecule has 2 aromatic rings. The number of ketones is 1. The SMILES string of the molecule is CC(=O)c1cc(C(=O)O)c(O)c2ccccc12. The molecule has 0 aliphatic heterocycles. The summed E-state index contributed by atoms with van der Waals surface area (Å²) in [4.78, 5) is 22.4. The number of carboxylic acids is 1. The summed E-state index contributed by atoms with van der Waals surface area (Å²) in [7, 11) is 0. The van der Waals surface area contributed by atoms with Crippen LogP contribution in [0.3, 0.4) is 0 Å². The fourth-order valence-electron chi connectivity index (χ4n) is 1.81. The van der Waals surface area contributed by atoms with Crippen LogP contribution in [-0.4, -0.2) is 22.0 Å². The summed E-state index contributed by atoms with van der Waals surface area (Å²) < 4.78 is 0. The first-order valence-corrected chi connectivity index (χ1v) is 5.01. The molecule has 17 heavy (non-hydrogen) atoms. The highest BCUT2D eigenvalue weighted by Gasteiger charge is 2.17. The molecule has 4 heteroatoms. The average molecular weight is 230 g/mol. The van der Waals surface area contributed by atoms with Gasteiger partial charge >= 0.3 is 5.97 Å². The molecule has 0 aromatic heterocycles. The van der Waals surface area contributed by atoms with E-state index in [0.29, 0.717) is 16.3 Å². The van der Waals surface area contributed by atoms with Crippen LogP contribution in [0.15, 0.2) is 30.3 Å². The molecule has 0 aliphatic carbocycles. The Morgan fingerprint density at radius 2 is 1.65 bits per heavy atom. The lowest BCUT2D eigenvalue weighted by atomic mass is 9.97. The number of hydrogen-bond acceptors (Lipinski definition) is 3. The molecule has 2 N–H and O–H groups in total. The van der Waals surface area contributed by atoms with Gasteiger partial charge in [-0.05, 0) is 18.4 Å². The minimum Gasteiger partial charge on any atom is -0.506 e. The van der Waals surface area contributed by atoms with Crippen LogP contribution in [0, 0.1) is 0 Å². The number of carboxylic acid groups (broad SMARTS) is 1. The van der Waals surface area contributed by atoms with Crippen LogP contribution in [0.25, 0.3) is 10.8 Å². The summed E-state index contributed by atoms with van der Waals surface area (Å²) in [5.41, 5.74) is 0.0460. The van der Waals surface area contributed by atoms with Gasteiger partial charge in [-0.3, -0.25) is 4.79 Å². The predicted molar refractivity (Wildman–Crippen MR) is 62.6 cm³/mol. The summed E-state index contributed by atoms with van der Waals surface area (Å²) in [6.07, 6.45) is 0. The van der Waals surface area contributed by atoms with Gasteiger partial charge in [0.25, 0.3) is 0 Å². The van der Waals surface area contributed by atoms with Crippen molar-refractivity contribution in [1.82, 2.24) is 0 Å². The average Bonchev–Trinajstić information content (AvgIpc) is 2.29. The number of fused-ring (bicyclic) bond motifs is 1. The molecule has 0 aliphatic rings. The van der Waals surface area contributed by atoms with E-state index in [-0.39, 0.29) is 17.1 Å². The van der Waals surface area contributed by atoms with Crippen molar-refractivity contribution in [3.05, 3.63) is 41.5 Å². The van der Waals surface area contributed by atoms with Crippen molar-refractivity contribution in [3.8, 4) is 5.75 Å². The zero-order valence-corrected chi connectivity index (χ0v) is 9.10. The van der Waals surface area contributed by atoms with Crippen molar-refractivity contribution in [2.45, 2.75) is 6.92 Å². The Balaban J connectivity index is 2.94. The van der Waals surface area contributed by atoms with Gasteiger partial charge in [-0.25, -0.2) is 4.79 Å². The molecule has 0 heterocycles. The third kappa shape index (κ3) is 1.73. The number of aromatic carboxylic acids is 1. The van der Waals surface area contributed by atoms with E-state index in [9.17, 15) is 14.7 Å². The van der Waals surface area contributed by atoms with E-state index in [2.05, 4.69) is 0 Å². The highest BCUT2D eigenvalue weighted by Crippen LogP contribution is 2.31. The summed E-state index contributed by atoms with van der Waals surface area (Å²) in [5.74, 6) is -1.79. The summed E-state index contributed by atoms with van der Waals surface area (Å²) in [6, 6.07) is 7.88. The Morgan fingerprint density at radius 3 is 2.18 bits per heavy atom. The first kappa shape index (κ1) is 11.1. The largest absolute Gasteiger partial charge is 0.506 e. The Kier molecular flexibility index (Phi) is 2.55. The minimum absolute atomic E-state index is 0.233. The Bertz CT molecular complexity index is 629. The first-order valence-electron chi connectivity index (χ1n) is 5.01. The second-order valence-corrected chi connectivity index (χ2v) is 3.73. The van der Waals surface area contributed by atoms with E-state index in [1.165, 1.54) is 13.0 Å². The second-order valence-electron chi connectivity index (χ2n) is 3.73. The summed E-state index contributed by atoms with van der Waals surface area (Å²) >= 11 is 0. The zero-order chi connectivity index (χ0) is 12.6. The molecule has 0 saturated carbocycles. The maximum absolute atomic E-state index is 11.5. The number of aromatic hydroxyl groups is 1.